The van der Waals surface area contributed by atoms with Gasteiger partial charge >= 0.3 is 0 Å². The summed E-state index contributed by atoms with van der Waals surface area (Å²) in [6.45, 7) is 1.40. The maximum absolute atomic E-state index is 12.8. The van der Waals surface area contributed by atoms with Crippen LogP contribution in [0.3, 0.4) is 0 Å². The summed E-state index contributed by atoms with van der Waals surface area (Å²) in [5.41, 5.74) is 0.801. The van der Waals surface area contributed by atoms with Crippen LogP contribution in [-0.2, 0) is 16.1 Å². The predicted molar refractivity (Wildman–Crippen MR) is 92.7 cm³/mol. The summed E-state index contributed by atoms with van der Waals surface area (Å²) in [6.07, 6.45) is 1.89. The summed E-state index contributed by atoms with van der Waals surface area (Å²) in [6, 6.07) is 11.2. The summed E-state index contributed by atoms with van der Waals surface area (Å²) >= 11 is 0. The summed E-state index contributed by atoms with van der Waals surface area (Å²) in [4.78, 5) is 30.2. The number of pyridine rings is 1. The molecule has 136 valence electrons. The Hall–Kier alpha value is -2.96. The number of aromatic nitrogens is 1. The molecule has 0 spiro atoms. The van der Waals surface area contributed by atoms with E-state index in [-0.39, 0.29) is 36.6 Å². The molecule has 0 radical (unpaired) electrons. The lowest BCUT2D eigenvalue weighted by atomic mass is 10.1. The highest BCUT2D eigenvalue weighted by atomic mass is 19.1. The Bertz CT molecular complexity index is 752. The Labute approximate surface area is 151 Å². The fourth-order valence-corrected chi connectivity index (χ4v) is 2.81. The van der Waals surface area contributed by atoms with E-state index in [4.69, 9.17) is 4.74 Å². The fraction of sp³-hybridized carbons (Fsp3) is 0.316. The number of nitrogens with zero attached hydrogens (tertiary/aromatic N) is 2. The highest BCUT2D eigenvalue weighted by Crippen LogP contribution is 2.19. The van der Waals surface area contributed by atoms with Gasteiger partial charge < -0.3 is 15.0 Å². The third-order valence-corrected chi connectivity index (χ3v) is 4.15. The van der Waals surface area contributed by atoms with Gasteiger partial charge in [-0.15, -0.1) is 0 Å². The van der Waals surface area contributed by atoms with Crippen molar-refractivity contribution >= 4 is 11.8 Å². The SMILES string of the molecule is O=C(NCCOc1ccc(F)cc1)C1CC(=O)N(Cc2ccccn2)C1. The first-order valence-electron chi connectivity index (χ1n) is 8.45. The zero-order chi connectivity index (χ0) is 18.4. The van der Waals surface area contributed by atoms with E-state index in [1.807, 2.05) is 18.2 Å². The Morgan fingerprint density at radius 1 is 1.27 bits per heavy atom. The molecular formula is C19H20FN3O3. The van der Waals surface area contributed by atoms with Gasteiger partial charge in [-0.05, 0) is 36.4 Å². The summed E-state index contributed by atoms with van der Waals surface area (Å²) in [5.74, 6) is -0.356. The van der Waals surface area contributed by atoms with E-state index in [0.29, 0.717) is 25.4 Å². The van der Waals surface area contributed by atoms with E-state index in [0.717, 1.165) is 5.69 Å². The quantitative estimate of drug-likeness (QED) is 0.767. The van der Waals surface area contributed by atoms with Crippen LogP contribution in [0.1, 0.15) is 12.1 Å². The molecule has 1 aliphatic rings. The normalized spacial score (nSPS) is 16.6. The van der Waals surface area contributed by atoms with Gasteiger partial charge in [0.2, 0.25) is 11.8 Å². The van der Waals surface area contributed by atoms with E-state index < -0.39 is 0 Å². The molecule has 1 saturated heterocycles. The fourth-order valence-electron chi connectivity index (χ4n) is 2.81. The molecule has 7 heteroatoms. The van der Waals surface area contributed by atoms with Crippen molar-refractivity contribution in [3.63, 3.8) is 0 Å². The summed E-state index contributed by atoms with van der Waals surface area (Å²) in [7, 11) is 0. The first-order valence-corrected chi connectivity index (χ1v) is 8.45. The Morgan fingerprint density at radius 3 is 2.81 bits per heavy atom. The van der Waals surface area contributed by atoms with Crippen LogP contribution < -0.4 is 10.1 Å². The van der Waals surface area contributed by atoms with E-state index in [1.54, 1.807) is 11.1 Å². The van der Waals surface area contributed by atoms with Gasteiger partial charge in [0.1, 0.15) is 18.2 Å². The van der Waals surface area contributed by atoms with Gasteiger partial charge in [0.05, 0.1) is 24.7 Å². The number of likely N-dealkylation sites (tertiary alicyclic amines) is 1. The largest absolute Gasteiger partial charge is 0.492 e. The predicted octanol–water partition coefficient (Wildman–Crippen LogP) is 1.76. The average Bonchev–Trinajstić information content (AvgIpc) is 3.01. The highest BCUT2D eigenvalue weighted by molar-refractivity contribution is 5.89. The molecule has 1 fully saturated rings. The first kappa shape index (κ1) is 17.8. The lowest BCUT2D eigenvalue weighted by Crippen LogP contribution is -2.35. The van der Waals surface area contributed by atoms with Crippen LogP contribution in [-0.4, -0.2) is 41.4 Å². The zero-order valence-corrected chi connectivity index (χ0v) is 14.2. The van der Waals surface area contributed by atoms with Crippen LogP contribution in [0, 0.1) is 11.7 Å². The zero-order valence-electron chi connectivity index (χ0n) is 14.2. The average molecular weight is 357 g/mol. The van der Waals surface area contributed by atoms with Gasteiger partial charge in [-0.25, -0.2) is 4.39 Å². The number of hydrogen-bond acceptors (Lipinski definition) is 4. The molecule has 1 atom stereocenters. The van der Waals surface area contributed by atoms with E-state index >= 15 is 0 Å². The third-order valence-electron chi connectivity index (χ3n) is 4.15. The molecule has 2 amide bonds. The van der Waals surface area contributed by atoms with Gasteiger partial charge in [0.25, 0.3) is 0 Å². The number of carbonyl (C=O) groups is 2. The minimum Gasteiger partial charge on any atom is -0.492 e. The number of halogens is 1. The van der Waals surface area contributed by atoms with Crippen molar-refractivity contribution in [2.45, 2.75) is 13.0 Å². The summed E-state index contributed by atoms with van der Waals surface area (Å²) in [5, 5.41) is 2.78. The Kier molecular flexibility index (Phi) is 5.78. The van der Waals surface area contributed by atoms with Crippen molar-refractivity contribution in [3.8, 4) is 5.75 Å². The number of nitrogens with one attached hydrogen (secondary N) is 1. The van der Waals surface area contributed by atoms with E-state index in [9.17, 15) is 14.0 Å². The maximum Gasteiger partial charge on any atom is 0.225 e. The Balaban J connectivity index is 1.41. The number of benzene rings is 1. The standard InChI is InChI=1S/C19H20FN3O3/c20-15-4-6-17(7-5-15)26-10-9-22-19(25)14-11-18(24)23(12-14)13-16-3-1-2-8-21-16/h1-8,14H,9-13H2,(H,22,25). The summed E-state index contributed by atoms with van der Waals surface area (Å²) < 4.78 is 18.2. The molecule has 2 heterocycles. The molecule has 3 rings (SSSR count). The topological polar surface area (TPSA) is 71.5 Å². The van der Waals surface area contributed by atoms with Gasteiger partial charge in [0, 0.05) is 19.2 Å². The van der Waals surface area contributed by atoms with Crippen molar-refractivity contribution in [1.82, 2.24) is 15.2 Å². The number of carbonyl (C=O) groups excluding carboxylic acids is 2. The van der Waals surface area contributed by atoms with E-state index in [1.165, 1.54) is 24.3 Å². The second kappa shape index (κ2) is 8.42. The monoisotopic (exact) mass is 357 g/mol. The van der Waals surface area contributed by atoms with Crippen molar-refractivity contribution in [3.05, 3.63) is 60.2 Å². The molecule has 6 nitrogen and oxygen atoms in total. The molecular weight excluding hydrogens is 337 g/mol. The molecule has 26 heavy (non-hydrogen) atoms. The lowest BCUT2D eigenvalue weighted by molar-refractivity contribution is -0.129. The number of amides is 2. The molecule has 0 saturated carbocycles. The van der Waals surface area contributed by atoms with Crippen molar-refractivity contribution in [2.24, 2.45) is 5.92 Å². The molecule has 0 bridgehead atoms. The second-order valence-corrected chi connectivity index (χ2v) is 6.09. The van der Waals surface area contributed by atoms with Crippen LogP contribution in [0.5, 0.6) is 5.75 Å². The van der Waals surface area contributed by atoms with Crippen LogP contribution in [0.2, 0.25) is 0 Å². The third kappa shape index (κ3) is 4.78. The smallest absolute Gasteiger partial charge is 0.225 e. The molecule has 2 aromatic rings. The molecule has 1 N–H and O–H groups in total. The Morgan fingerprint density at radius 2 is 2.08 bits per heavy atom. The molecule has 1 aliphatic heterocycles. The number of rotatable bonds is 7. The minimum atomic E-state index is -0.364. The maximum atomic E-state index is 12.8. The number of hydrogen-bond donors (Lipinski definition) is 1. The minimum absolute atomic E-state index is 0.0432. The van der Waals surface area contributed by atoms with Crippen LogP contribution in [0.25, 0.3) is 0 Å². The molecule has 0 aliphatic carbocycles. The van der Waals surface area contributed by atoms with Gasteiger partial charge in [-0.3, -0.25) is 14.6 Å². The van der Waals surface area contributed by atoms with Crippen LogP contribution >= 0.6 is 0 Å². The highest BCUT2D eigenvalue weighted by Gasteiger charge is 2.34. The molecule has 1 aromatic carbocycles. The van der Waals surface area contributed by atoms with Crippen molar-refractivity contribution in [2.75, 3.05) is 19.7 Å². The van der Waals surface area contributed by atoms with E-state index in [2.05, 4.69) is 10.3 Å². The van der Waals surface area contributed by atoms with Gasteiger partial charge in [0.15, 0.2) is 0 Å². The van der Waals surface area contributed by atoms with Crippen LogP contribution in [0.15, 0.2) is 48.7 Å². The van der Waals surface area contributed by atoms with Crippen LogP contribution in [0.4, 0.5) is 4.39 Å². The van der Waals surface area contributed by atoms with Gasteiger partial charge in [-0.1, -0.05) is 6.07 Å². The first-order chi connectivity index (χ1) is 12.6. The van der Waals surface area contributed by atoms with Crippen molar-refractivity contribution < 1.29 is 18.7 Å². The van der Waals surface area contributed by atoms with Crippen molar-refractivity contribution in [1.29, 1.82) is 0 Å². The molecule has 1 aromatic heterocycles. The number of ether oxygens (including phenoxy) is 1. The molecule has 1 unspecified atom stereocenters. The van der Waals surface area contributed by atoms with Gasteiger partial charge in [-0.2, -0.15) is 0 Å². The lowest BCUT2D eigenvalue weighted by Gasteiger charge is -2.16. The second-order valence-electron chi connectivity index (χ2n) is 6.09.